The van der Waals surface area contributed by atoms with Crippen LogP contribution in [0.4, 0.5) is 15.0 Å². The minimum Gasteiger partial charge on any atom is -0.461 e. The number of rotatable bonds is 3. The van der Waals surface area contributed by atoms with Crippen LogP contribution in [0.3, 0.4) is 0 Å². The summed E-state index contributed by atoms with van der Waals surface area (Å²) in [6, 6.07) is 12.0. The van der Waals surface area contributed by atoms with Gasteiger partial charge in [-0.3, -0.25) is 9.88 Å². The van der Waals surface area contributed by atoms with Gasteiger partial charge in [-0.1, -0.05) is 36.4 Å². The first-order valence-electron chi connectivity index (χ1n) is 16.4. The zero-order valence-electron chi connectivity index (χ0n) is 26.1. The first-order valence-corrected chi connectivity index (χ1v) is 16.4. The van der Waals surface area contributed by atoms with Gasteiger partial charge in [-0.15, -0.1) is 0 Å². The quantitative estimate of drug-likeness (QED) is 0.325. The van der Waals surface area contributed by atoms with Crippen molar-refractivity contribution in [3.05, 3.63) is 54.0 Å². The lowest BCUT2D eigenvalue weighted by Crippen LogP contribution is -2.57. The maximum atomic E-state index is 16.9. The van der Waals surface area contributed by atoms with Crippen molar-refractivity contribution in [2.45, 2.75) is 69.1 Å². The van der Waals surface area contributed by atoms with E-state index in [1.807, 2.05) is 43.3 Å². The molecule has 11 heteroatoms. The monoisotopic (exact) mass is 626 g/mol. The van der Waals surface area contributed by atoms with E-state index in [-0.39, 0.29) is 29.4 Å². The number of nitrogens with one attached hydrogen (secondary N) is 1. The van der Waals surface area contributed by atoms with E-state index >= 15 is 4.39 Å². The summed E-state index contributed by atoms with van der Waals surface area (Å²) in [6.07, 6.45) is 6.26. The Morgan fingerprint density at radius 1 is 1.13 bits per heavy atom. The number of amides is 1. The van der Waals surface area contributed by atoms with Crippen molar-refractivity contribution in [1.29, 1.82) is 0 Å². The molecule has 0 unspecified atom stereocenters. The number of fused-ring (bicyclic) bond motifs is 7. The molecule has 6 bridgehead atoms. The number of aliphatic hydroxyl groups is 1. The molecule has 3 saturated heterocycles. The average Bonchev–Trinajstić information content (AvgIpc) is 3.57. The first kappa shape index (κ1) is 29.3. The fourth-order valence-electron chi connectivity index (χ4n) is 8.26. The van der Waals surface area contributed by atoms with Crippen molar-refractivity contribution in [2.24, 2.45) is 0 Å². The molecule has 5 aliphatic rings. The highest BCUT2D eigenvalue weighted by Crippen LogP contribution is 2.41. The Hall–Kier alpha value is -4.09. The molecule has 0 radical (unpaired) electrons. The molecule has 1 amide bonds. The van der Waals surface area contributed by atoms with Crippen molar-refractivity contribution in [1.82, 2.24) is 25.2 Å². The molecular formula is C35H39FN6O4. The van der Waals surface area contributed by atoms with E-state index in [0.29, 0.717) is 62.3 Å². The number of anilines is 1. The van der Waals surface area contributed by atoms with E-state index in [2.05, 4.69) is 15.1 Å². The third-order valence-electron chi connectivity index (χ3n) is 10.4. The zero-order valence-corrected chi connectivity index (χ0v) is 26.1. The van der Waals surface area contributed by atoms with Crippen LogP contribution in [-0.2, 0) is 11.2 Å². The summed E-state index contributed by atoms with van der Waals surface area (Å²) < 4.78 is 28.9. The minimum absolute atomic E-state index is 0.0948. The van der Waals surface area contributed by atoms with Crippen molar-refractivity contribution in [3.8, 4) is 17.3 Å². The molecule has 0 aliphatic carbocycles. The van der Waals surface area contributed by atoms with Crippen LogP contribution in [0.5, 0.6) is 6.01 Å². The molecule has 9 rings (SSSR count). The summed E-state index contributed by atoms with van der Waals surface area (Å²) in [5.74, 6) is 0.000161. The molecule has 2 N–H and O–H groups in total. The number of aryl methyl sites for hydroxylation is 1. The predicted octanol–water partition coefficient (Wildman–Crippen LogP) is 4.99. The lowest BCUT2D eigenvalue weighted by atomic mass is 9.91. The summed E-state index contributed by atoms with van der Waals surface area (Å²) >= 11 is 0. The molecule has 5 aliphatic heterocycles. The van der Waals surface area contributed by atoms with Gasteiger partial charge < -0.3 is 24.8 Å². The van der Waals surface area contributed by atoms with Crippen LogP contribution in [-0.4, -0.2) is 87.6 Å². The topological polar surface area (TPSA) is 113 Å². The third-order valence-corrected chi connectivity index (χ3v) is 10.4. The van der Waals surface area contributed by atoms with Gasteiger partial charge in [0.15, 0.2) is 5.82 Å². The van der Waals surface area contributed by atoms with Gasteiger partial charge in [-0.2, -0.15) is 9.97 Å². The van der Waals surface area contributed by atoms with Crippen molar-refractivity contribution in [3.63, 3.8) is 0 Å². The normalized spacial score (nSPS) is 26.7. The number of nitrogens with zero attached hydrogens (tertiary/aromatic N) is 5. The number of carbonyl (C=O) groups is 1. The predicted molar refractivity (Wildman–Crippen MR) is 173 cm³/mol. The van der Waals surface area contributed by atoms with Crippen LogP contribution in [0.15, 0.2) is 42.6 Å². The summed E-state index contributed by atoms with van der Waals surface area (Å²) in [7, 11) is 0. The number of halogens is 1. The van der Waals surface area contributed by atoms with E-state index in [4.69, 9.17) is 24.4 Å². The number of pyridine rings is 1. The highest BCUT2D eigenvalue weighted by molar-refractivity contribution is 6.00. The smallest absolute Gasteiger partial charge is 0.407 e. The summed E-state index contributed by atoms with van der Waals surface area (Å²) in [5, 5.41) is 15.9. The van der Waals surface area contributed by atoms with Crippen LogP contribution in [0.2, 0.25) is 0 Å². The molecule has 7 heterocycles. The Bertz CT molecular complexity index is 1830. The van der Waals surface area contributed by atoms with Crippen molar-refractivity contribution in [2.75, 3.05) is 44.3 Å². The summed E-state index contributed by atoms with van der Waals surface area (Å²) in [6.45, 7) is 5.25. The number of aromatic nitrogens is 3. The molecule has 4 aromatic rings. The second-order valence-corrected chi connectivity index (χ2v) is 13.7. The van der Waals surface area contributed by atoms with E-state index < -0.39 is 23.6 Å². The standard InChI is InChI=1S/C35H39FN6O4/c1-34-12-5-14-41(20-34)31-26-18-37-29(25-11-3-9-22-7-2-8-23(27(22)25)10-4-16-45-33(44)40-34)28(36)30(26)38-32(39-31)46-21-35-13-6-15-42(35)19-24(43)17-35/h2-3,7-9,11,18,24,43H,4-6,10,12-17,19-21H2,1H3,(H,40,44)/t24-,34+,35-/m0/s1. The van der Waals surface area contributed by atoms with Gasteiger partial charge in [0.05, 0.1) is 29.2 Å². The number of benzene rings is 2. The van der Waals surface area contributed by atoms with Gasteiger partial charge in [0.1, 0.15) is 23.6 Å². The molecule has 3 fully saturated rings. The van der Waals surface area contributed by atoms with Crippen LogP contribution in [0, 0.1) is 5.82 Å². The van der Waals surface area contributed by atoms with E-state index in [1.165, 1.54) is 0 Å². The van der Waals surface area contributed by atoms with Gasteiger partial charge >= 0.3 is 12.1 Å². The fraction of sp³-hybridized carbons (Fsp3) is 0.486. The molecule has 46 heavy (non-hydrogen) atoms. The fourth-order valence-corrected chi connectivity index (χ4v) is 8.26. The van der Waals surface area contributed by atoms with Crippen molar-refractivity contribution < 1.29 is 23.8 Å². The highest BCUT2D eigenvalue weighted by atomic mass is 19.1. The van der Waals surface area contributed by atoms with Crippen molar-refractivity contribution >= 4 is 33.6 Å². The van der Waals surface area contributed by atoms with Gasteiger partial charge in [0.25, 0.3) is 0 Å². The molecule has 10 nitrogen and oxygen atoms in total. The second kappa shape index (κ2) is 11.3. The Morgan fingerprint density at radius 3 is 2.87 bits per heavy atom. The minimum atomic E-state index is -0.585. The van der Waals surface area contributed by atoms with Gasteiger partial charge in [0.2, 0.25) is 0 Å². The molecular weight excluding hydrogens is 587 g/mol. The molecule has 3 atom stereocenters. The Balaban J connectivity index is 1.29. The zero-order chi connectivity index (χ0) is 31.5. The number of β-amino-alcohol motifs (C(OH)–C–C–N with tert-alkyl or cyclic N) is 1. The highest BCUT2D eigenvalue weighted by Gasteiger charge is 2.49. The number of hydrogen-bond acceptors (Lipinski definition) is 9. The van der Waals surface area contributed by atoms with Crippen LogP contribution >= 0.6 is 0 Å². The maximum Gasteiger partial charge on any atom is 0.407 e. The molecule has 0 saturated carbocycles. The molecule has 2 aromatic carbocycles. The lowest BCUT2D eigenvalue weighted by molar-refractivity contribution is 0.107. The van der Waals surface area contributed by atoms with E-state index in [9.17, 15) is 9.90 Å². The number of carbonyl (C=O) groups excluding carboxylic acids is 1. The second-order valence-electron chi connectivity index (χ2n) is 13.7. The number of aliphatic hydroxyl groups excluding tert-OH is 1. The Kier molecular flexibility index (Phi) is 7.21. The Morgan fingerprint density at radius 2 is 1.98 bits per heavy atom. The maximum absolute atomic E-state index is 16.9. The molecule has 240 valence electrons. The van der Waals surface area contributed by atoms with E-state index in [1.54, 1.807) is 6.20 Å². The number of alkyl carbamates (subject to hydrolysis) is 1. The first-order chi connectivity index (χ1) is 22.3. The van der Waals surface area contributed by atoms with Gasteiger partial charge in [-0.25, -0.2) is 9.18 Å². The number of piperidine rings is 1. The van der Waals surface area contributed by atoms with Crippen LogP contribution in [0.25, 0.3) is 32.9 Å². The molecule has 0 spiro atoms. The number of hydrogen-bond donors (Lipinski definition) is 2. The summed E-state index contributed by atoms with van der Waals surface area (Å²) in [4.78, 5) is 31.6. The number of ether oxygens (including phenoxy) is 2. The SMILES string of the molecule is C[C@@]12CCCN(C1)c1nc(OC[C@@]34CCCN3C[C@@H](O)C4)nc3c(F)c(ncc13)-c1cccc3cccc(c13)CCCOC(=O)N2. The van der Waals surface area contributed by atoms with Crippen LogP contribution in [0.1, 0.15) is 51.0 Å². The largest absolute Gasteiger partial charge is 0.461 e. The van der Waals surface area contributed by atoms with E-state index in [0.717, 1.165) is 48.6 Å². The lowest BCUT2D eigenvalue weighted by Gasteiger charge is -2.41. The molecule has 2 aromatic heterocycles. The third kappa shape index (κ3) is 5.09. The summed E-state index contributed by atoms with van der Waals surface area (Å²) in [5.41, 5.74) is 1.22. The Labute approximate surface area is 266 Å². The van der Waals surface area contributed by atoms with Crippen LogP contribution < -0.4 is 15.0 Å². The van der Waals surface area contributed by atoms with Gasteiger partial charge in [0, 0.05) is 31.4 Å². The van der Waals surface area contributed by atoms with Gasteiger partial charge in [-0.05, 0) is 74.8 Å². The average molecular weight is 627 g/mol.